The number of nitrogens with one attached hydrogen (secondary N) is 2. The van der Waals surface area contributed by atoms with Gasteiger partial charge in [0.2, 0.25) is 0 Å². The van der Waals surface area contributed by atoms with Gasteiger partial charge in [-0.2, -0.15) is 13.2 Å². The molecule has 0 amide bonds. The molecule has 0 aliphatic rings. The molecule has 0 radical (unpaired) electrons. The van der Waals surface area contributed by atoms with Gasteiger partial charge in [-0.3, -0.25) is 0 Å². The Kier molecular flexibility index (Phi) is 4.82. The Morgan fingerprint density at radius 3 is 2.53 bits per heavy atom. The van der Waals surface area contributed by atoms with Crippen molar-refractivity contribution in [1.82, 2.24) is 5.32 Å². The maximum Gasteiger partial charge on any atom is 0.418 e. The fourth-order valence-electron chi connectivity index (χ4n) is 1.27. The first kappa shape index (κ1) is 14.3. The Balaban J connectivity index is 2.91. The number of hydrogen-bond acceptors (Lipinski definition) is 2. The lowest BCUT2D eigenvalue weighted by molar-refractivity contribution is -0.137. The number of rotatable bonds is 4. The Labute approximate surface area is 107 Å². The highest BCUT2D eigenvalue weighted by Gasteiger charge is 2.33. The maximum atomic E-state index is 12.8. The number of likely N-dealkylation sites (N-methyl/N-ethyl adjacent to an activating group) is 1. The van der Waals surface area contributed by atoms with Crippen LogP contribution < -0.4 is 10.6 Å². The SMILES string of the molecule is CNC(C)CNc1ccc(Br)cc1C(F)(F)F. The van der Waals surface area contributed by atoms with Gasteiger partial charge in [-0.1, -0.05) is 15.9 Å². The predicted octanol–water partition coefficient (Wildman–Crippen LogP) is 3.49. The molecule has 0 spiro atoms. The minimum Gasteiger partial charge on any atom is -0.383 e. The number of halogens is 4. The van der Waals surface area contributed by atoms with Crippen molar-refractivity contribution in [3.63, 3.8) is 0 Å². The molecule has 0 aliphatic heterocycles. The van der Waals surface area contributed by atoms with E-state index in [1.807, 2.05) is 6.92 Å². The highest BCUT2D eigenvalue weighted by molar-refractivity contribution is 9.10. The second kappa shape index (κ2) is 5.73. The molecule has 2 nitrogen and oxygen atoms in total. The minimum atomic E-state index is -4.35. The molecule has 1 aromatic rings. The number of hydrogen-bond donors (Lipinski definition) is 2. The first-order valence-electron chi connectivity index (χ1n) is 5.12. The Hall–Kier alpha value is -0.750. The molecule has 1 atom stereocenters. The lowest BCUT2D eigenvalue weighted by Gasteiger charge is -2.17. The zero-order valence-electron chi connectivity index (χ0n) is 9.53. The number of anilines is 1. The zero-order valence-corrected chi connectivity index (χ0v) is 11.1. The summed E-state index contributed by atoms with van der Waals surface area (Å²) in [5, 5.41) is 5.75. The summed E-state index contributed by atoms with van der Waals surface area (Å²) in [5.74, 6) is 0. The Morgan fingerprint density at radius 2 is 2.00 bits per heavy atom. The van der Waals surface area contributed by atoms with Gasteiger partial charge in [0.25, 0.3) is 0 Å². The fourth-order valence-corrected chi connectivity index (χ4v) is 1.63. The van der Waals surface area contributed by atoms with Crippen molar-refractivity contribution in [1.29, 1.82) is 0 Å². The Bertz CT molecular complexity index is 379. The van der Waals surface area contributed by atoms with Gasteiger partial charge in [0.1, 0.15) is 0 Å². The maximum absolute atomic E-state index is 12.8. The average molecular weight is 311 g/mol. The van der Waals surface area contributed by atoms with Crippen LogP contribution in [0.2, 0.25) is 0 Å². The summed E-state index contributed by atoms with van der Waals surface area (Å²) in [7, 11) is 1.76. The molecule has 17 heavy (non-hydrogen) atoms. The number of alkyl halides is 3. The van der Waals surface area contributed by atoms with Crippen LogP contribution in [0.1, 0.15) is 12.5 Å². The molecule has 1 rings (SSSR count). The van der Waals surface area contributed by atoms with Crippen LogP contribution in [0.5, 0.6) is 0 Å². The smallest absolute Gasteiger partial charge is 0.383 e. The van der Waals surface area contributed by atoms with Crippen molar-refractivity contribution in [2.45, 2.75) is 19.1 Å². The van der Waals surface area contributed by atoms with Gasteiger partial charge in [0, 0.05) is 22.7 Å². The van der Waals surface area contributed by atoms with E-state index < -0.39 is 11.7 Å². The first-order valence-corrected chi connectivity index (χ1v) is 5.91. The van der Waals surface area contributed by atoms with E-state index >= 15 is 0 Å². The molecule has 2 N–H and O–H groups in total. The molecule has 0 aliphatic carbocycles. The third kappa shape index (κ3) is 4.20. The molecule has 96 valence electrons. The van der Waals surface area contributed by atoms with Crippen LogP contribution in [0.3, 0.4) is 0 Å². The molecule has 1 unspecified atom stereocenters. The van der Waals surface area contributed by atoms with Crippen LogP contribution in [0.25, 0.3) is 0 Å². The van der Waals surface area contributed by atoms with E-state index in [2.05, 4.69) is 26.6 Å². The van der Waals surface area contributed by atoms with Gasteiger partial charge in [-0.05, 0) is 32.2 Å². The monoisotopic (exact) mass is 310 g/mol. The summed E-state index contributed by atoms with van der Waals surface area (Å²) in [6.07, 6.45) is -4.35. The third-order valence-electron chi connectivity index (χ3n) is 2.38. The fraction of sp³-hybridized carbons (Fsp3) is 0.455. The standard InChI is InChI=1S/C11H14BrF3N2/c1-7(16-2)6-17-10-4-3-8(12)5-9(10)11(13,14)15/h3-5,7,16-17H,6H2,1-2H3. The highest BCUT2D eigenvalue weighted by atomic mass is 79.9. The van der Waals surface area contributed by atoms with Crippen molar-refractivity contribution in [2.24, 2.45) is 0 Å². The third-order valence-corrected chi connectivity index (χ3v) is 2.87. The van der Waals surface area contributed by atoms with E-state index in [9.17, 15) is 13.2 Å². The van der Waals surface area contributed by atoms with Crippen LogP contribution in [-0.4, -0.2) is 19.6 Å². The molecule has 0 bridgehead atoms. The molecule has 0 heterocycles. The average Bonchev–Trinajstić information content (AvgIpc) is 2.25. The normalized spacial score (nSPS) is 13.5. The van der Waals surface area contributed by atoms with Crippen LogP contribution in [-0.2, 0) is 6.18 Å². The van der Waals surface area contributed by atoms with Crippen LogP contribution >= 0.6 is 15.9 Å². The van der Waals surface area contributed by atoms with E-state index in [-0.39, 0.29) is 11.7 Å². The van der Waals surface area contributed by atoms with Gasteiger partial charge < -0.3 is 10.6 Å². The van der Waals surface area contributed by atoms with Crippen LogP contribution in [0, 0.1) is 0 Å². The van der Waals surface area contributed by atoms with Crippen molar-refractivity contribution in [2.75, 3.05) is 18.9 Å². The summed E-state index contributed by atoms with van der Waals surface area (Å²) in [6.45, 7) is 2.32. The largest absolute Gasteiger partial charge is 0.418 e. The van der Waals surface area contributed by atoms with Crippen molar-refractivity contribution in [3.8, 4) is 0 Å². The van der Waals surface area contributed by atoms with E-state index in [1.165, 1.54) is 6.07 Å². The summed E-state index contributed by atoms with van der Waals surface area (Å²) in [4.78, 5) is 0. The predicted molar refractivity (Wildman–Crippen MR) is 66.2 cm³/mol. The summed E-state index contributed by atoms with van der Waals surface area (Å²) in [5.41, 5.74) is -0.557. The van der Waals surface area contributed by atoms with Gasteiger partial charge in [0.05, 0.1) is 5.56 Å². The Morgan fingerprint density at radius 1 is 1.35 bits per heavy atom. The molecular formula is C11H14BrF3N2. The first-order chi connectivity index (χ1) is 7.84. The van der Waals surface area contributed by atoms with E-state index in [0.29, 0.717) is 11.0 Å². The van der Waals surface area contributed by atoms with Gasteiger partial charge in [0.15, 0.2) is 0 Å². The van der Waals surface area contributed by atoms with Crippen LogP contribution in [0.15, 0.2) is 22.7 Å². The van der Waals surface area contributed by atoms with Gasteiger partial charge >= 0.3 is 6.18 Å². The minimum absolute atomic E-state index is 0.0970. The zero-order chi connectivity index (χ0) is 13.1. The summed E-state index contributed by atoms with van der Waals surface area (Å²) >= 11 is 3.04. The molecule has 0 aromatic heterocycles. The topological polar surface area (TPSA) is 24.1 Å². The molecule has 0 saturated carbocycles. The second-order valence-corrected chi connectivity index (χ2v) is 4.67. The molecule has 0 saturated heterocycles. The molecule has 1 aromatic carbocycles. The number of benzene rings is 1. The molecule has 0 fully saturated rings. The van der Waals surface area contributed by atoms with Crippen molar-refractivity contribution < 1.29 is 13.2 Å². The quantitative estimate of drug-likeness (QED) is 0.889. The van der Waals surface area contributed by atoms with Gasteiger partial charge in [-0.25, -0.2) is 0 Å². The lowest BCUT2D eigenvalue weighted by Crippen LogP contribution is -2.29. The molecule has 6 heteroatoms. The van der Waals surface area contributed by atoms with Gasteiger partial charge in [-0.15, -0.1) is 0 Å². The second-order valence-electron chi connectivity index (χ2n) is 3.76. The summed E-state index contributed by atoms with van der Waals surface area (Å²) in [6, 6.07) is 4.18. The van der Waals surface area contributed by atoms with Crippen molar-refractivity contribution in [3.05, 3.63) is 28.2 Å². The van der Waals surface area contributed by atoms with E-state index in [4.69, 9.17) is 0 Å². The summed E-state index contributed by atoms with van der Waals surface area (Å²) < 4.78 is 38.7. The van der Waals surface area contributed by atoms with E-state index in [1.54, 1.807) is 13.1 Å². The van der Waals surface area contributed by atoms with Crippen molar-refractivity contribution >= 4 is 21.6 Å². The highest BCUT2D eigenvalue weighted by Crippen LogP contribution is 2.36. The van der Waals surface area contributed by atoms with Crippen LogP contribution in [0.4, 0.5) is 18.9 Å². The lowest BCUT2D eigenvalue weighted by atomic mass is 10.1. The molecular weight excluding hydrogens is 297 g/mol. The van der Waals surface area contributed by atoms with E-state index in [0.717, 1.165) is 6.07 Å².